The van der Waals surface area contributed by atoms with E-state index in [1.54, 1.807) is 6.26 Å². The molecule has 182 valence electrons. The summed E-state index contributed by atoms with van der Waals surface area (Å²) in [6.07, 6.45) is 8.31. The number of fused-ring (bicyclic) bond motifs is 5. The van der Waals surface area contributed by atoms with E-state index in [1.165, 1.54) is 17.2 Å². The van der Waals surface area contributed by atoms with Crippen LogP contribution >= 0.6 is 0 Å². The lowest BCUT2D eigenvalue weighted by atomic mass is 9.51. The first kappa shape index (κ1) is 23.6. The van der Waals surface area contributed by atoms with Crippen LogP contribution in [-0.4, -0.2) is 19.0 Å². The second kappa shape index (κ2) is 7.69. The van der Waals surface area contributed by atoms with Crippen molar-refractivity contribution in [2.75, 3.05) is 0 Å². The average molecular weight is 479 g/mol. The molecule has 5 heteroatoms. The molecule has 34 heavy (non-hydrogen) atoms. The molecule has 0 amide bonds. The summed E-state index contributed by atoms with van der Waals surface area (Å²) < 4.78 is 11.8. The molecule has 0 aliphatic heterocycles. The number of benzene rings is 1. The number of hydrogen-bond donors (Lipinski definition) is 1. The van der Waals surface area contributed by atoms with Crippen molar-refractivity contribution in [1.29, 1.82) is 0 Å². The molecular formula is C29H38O4Si. The van der Waals surface area contributed by atoms with Gasteiger partial charge < -0.3 is 13.9 Å². The summed E-state index contributed by atoms with van der Waals surface area (Å²) in [4.78, 5) is 11.5. The first-order chi connectivity index (χ1) is 15.9. The minimum atomic E-state index is -1.88. The predicted molar refractivity (Wildman–Crippen MR) is 139 cm³/mol. The fourth-order valence-corrected chi connectivity index (χ4v) is 7.60. The normalized spacial score (nSPS) is 30.7. The molecule has 4 nitrogen and oxygen atoms in total. The highest BCUT2D eigenvalue weighted by Gasteiger charge is 2.61. The monoisotopic (exact) mass is 478 g/mol. The van der Waals surface area contributed by atoms with Crippen LogP contribution in [0.4, 0.5) is 0 Å². The van der Waals surface area contributed by atoms with Gasteiger partial charge in [0.15, 0.2) is 0 Å². The molecule has 0 saturated heterocycles. The van der Waals surface area contributed by atoms with Gasteiger partial charge in [0, 0.05) is 17.0 Å². The third kappa shape index (κ3) is 3.46. The standard InChI is InChI=1S/C29H38O4Si/c1-27(2,3)34(5,6)33-21-9-10-22-19(17-21)7-11-25-23(22)13-15-28(4)24(14-16-29(25,28)31)20-8-12-26(30)32-18-20/h8-10,12,14,17-18,23,25,31H,7,11,13,15-16H2,1-6H3/t23-,25-,28-,29+/m1/s1. The van der Waals surface area contributed by atoms with Gasteiger partial charge in [-0.1, -0.05) is 39.8 Å². The highest BCUT2D eigenvalue weighted by Crippen LogP contribution is 2.65. The molecule has 1 aromatic carbocycles. The van der Waals surface area contributed by atoms with Crippen molar-refractivity contribution in [3.63, 3.8) is 0 Å². The average Bonchev–Trinajstić information content (AvgIpc) is 3.04. The Morgan fingerprint density at radius 3 is 2.59 bits per heavy atom. The molecule has 0 spiro atoms. The molecule has 1 aromatic heterocycles. The van der Waals surface area contributed by atoms with Gasteiger partial charge in [-0.25, -0.2) is 4.79 Å². The Labute approximate surface area is 204 Å². The fraction of sp³-hybridized carbons (Fsp3) is 0.552. The highest BCUT2D eigenvalue weighted by atomic mass is 28.4. The molecule has 3 aliphatic carbocycles. The zero-order valence-electron chi connectivity index (χ0n) is 21.4. The summed E-state index contributed by atoms with van der Waals surface area (Å²) in [5.74, 6) is 1.58. The fourth-order valence-electron chi connectivity index (χ4n) is 6.57. The molecular weight excluding hydrogens is 440 g/mol. The number of aliphatic hydroxyl groups is 1. The number of hydrogen-bond acceptors (Lipinski definition) is 4. The van der Waals surface area contributed by atoms with E-state index in [1.807, 2.05) is 6.07 Å². The Balaban J connectivity index is 1.43. The van der Waals surface area contributed by atoms with Crippen molar-refractivity contribution in [3.05, 3.63) is 69.8 Å². The molecule has 1 N–H and O–H groups in total. The molecule has 4 atom stereocenters. The van der Waals surface area contributed by atoms with Gasteiger partial charge in [-0.15, -0.1) is 0 Å². The van der Waals surface area contributed by atoms with Crippen molar-refractivity contribution in [1.82, 2.24) is 0 Å². The minimum absolute atomic E-state index is 0.166. The van der Waals surface area contributed by atoms with Gasteiger partial charge in [0.05, 0.1) is 5.60 Å². The van der Waals surface area contributed by atoms with Gasteiger partial charge in [-0.2, -0.15) is 0 Å². The van der Waals surface area contributed by atoms with Crippen molar-refractivity contribution >= 4 is 13.9 Å². The zero-order valence-corrected chi connectivity index (χ0v) is 22.4. The van der Waals surface area contributed by atoms with Crippen LogP contribution in [0.2, 0.25) is 18.1 Å². The van der Waals surface area contributed by atoms with E-state index in [4.69, 9.17) is 8.84 Å². The van der Waals surface area contributed by atoms with Gasteiger partial charge in [0.25, 0.3) is 0 Å². The molecule has 0 unspecified atom stereocenters. The van der Waals surface area contributed by atoms with Gasteiger partial charge in [-0.3, -0.25) is 0 Å². The van der Waals surface area contributed by atoms with Crippen LogP contribution in [0.3, 0.4) is 0 Å². The first-order valence-corrected chi connectivity index (χ1v) is 15.6. The van der Waals surface area contributed by atoms with E-state index in [9.17, 15) is 9.90 Å². The SMILES string of the molecule is CC(C)(C)[Si](C)(C)Oc1ccc2c(c1)CC[C@@H]1[C@@H]2CC[C@]2(C)C(c3ccc(=O)oc3)=CC[C@]12O. The van der Waals surface area contributed by atoms with E-state index in [0.29, 0.717) is 12.3 Å². The smallest absolute Gasteiger partial charge is 0.335 e. The summed E-state index contributed by atoms with van der Waals surface area (Å²) in [5.41, 5.74) is 3.37. The lowest BCUT2D eigenvalue weighted by Crippen LogP contribution is -2.55. The predicted octanol–water partition coefficient (Wildman–Crippen LogP) is 6.69. The van der Waals surface area contributed by atoms with E-state index < -0.39 is 13.9 Å². The van der Waals surface area contributed by atoms with Crippen LogP contribution in [-0.2, 0) is 6.42 Å². The summed E-state index contributed by atoms with van der Waals surface area (Å²) in [6.45, 7) is 13.6. The minimum Gasteiger partial charge on any atom is -0.543 e. The van der Waals surface area contributed by atoms with Crippen LogP contribution in [0, 0.1) is 11.3 Å². The van der Waals surface area contributed by atoms with Crippen LogP contribution in [0.5, 0.6) is 5.75 Å². The molecule has 2 aromatic rings. The second-order valence-corrected chi connectivity index (χ2v) is 17.2. The maximum atomic E-state index is 12.2. The quantitative estimate of drug-likeness (QED) is 0.499. The Morgan fingerprint density at radius 2 is 1.91 bits per heavy atom. The Hall–Kier alpha value is -2.11. The van der Waals surface area contributed by atoms with Crippen LogP contribution in [0.25, 0.3) is 5.57 Å². The first-order valence-electron chi connectivity index (χ1n) is 12.7. The maximum absolute atomic E-state index is 12.2. The Morgan fingerprint density at radius 1 is 1.15 bits per heavy atom. The Kier molecular flexibility index (Phi) is 5.34. The summed E-state index contributed by atoms with van der Waals surface area (Å²) in [5, 5.41) is 12.4. The van der Waals surface area contributed by atoms with Crippen molar-refractivity contribution in [2.24, 2.45) is 11.3 Å². The summed E-state index contributed by atoms with van der Waals surface area (Å²) in [6, 6.07) is 10.0. The number of aryl methyl sites for hydroxylation is 1. The third-order valence-electron chi connectivity index (χ3n) is 9.65. The highest BCUT2D eigenvalue weighted by molar-refractivity contribution is 6.74. The van der Waals surface area contributed by atoms with E-state index in [-0.39, 0.29) is 22.0 Å². The van der Waals surface area contributed by atoms with Crippen LogP contribution in [0.15, 0.2) is 51.9 Å². The van der Waals surface area contributed by atoms with Crippen molar-refractivity contribution in [2.45, 2.75) is 89.5 Å². The second-order valence-electron chi connectivity index (χ2n) is 12.4. The summed E-state index contributed by atoms with van der Waals surface area (Å²) >= 11 is 0. The Bertz CT molecular complexity index is 1180. The zero-order chi connectivity index (χ0) is 24.5. The van der Waals surface area contributed by atoms with Crippen LogP contribution in [0.1, 0.15) is 76.0 Å². The van der Waals surface area contributed by atoms with Gasteiger partial charge in [-0.05, 0) is 97.0 Å². The van der Waals surface area contributed by atoms with Gasteiger partial charge in [0.2, 0.25) is 8.32 Å². The van der Waals surface area contributed by atoms with Crippen LogP contribution < -0.4 is 10.1 Å². The molecule has 5 rings (SSSR count). The van der Waals surface area contributed by atoms with Gasteiger partial charge in [0.1, 0.15) is 12.0 Å². The van der Waals surface area contributed by atoms with Crippen molar-refractivity contribution in [3.8, 4) is 5.75 Å². The van der Waals surface area contributed by atoms with E-state index in [0.717, 1.165) is 42.6 Å². The van der Waals surface area contributed by atoms with E-state index >= 15 is 0 Å². The van der Waals surface area contributed by atoms with Crippen molar-refractivity contribution < 1.29 is 13.9 Å². The molecule has 3 aliphatic rings. The lowest BCUT2D eigenvalue weighted by Gasteiger charge is -2.55. The molecule has 1 fully saturated rings. The maximum Gasteiger partial charge on any atom is 0.335 e. The molecule has 0 bridgehead atoms. The lowest BCUT2D eigenvalue weighted by molar-refractivity contribution is -0.122. The molecule has 1 saturated carbocycles. The third-order valence-corrected chi connectivity index (χ3v) is 14.0. The summed E-state index contributed by atoms with van der Waals surface area (Å²) in [7, 11) is -1.88. The number of rotatable bonds is 3. The van der Waals surface area contributed by atoms with E-state index in [2.05, 4.69) is 65.1 Å². The molecule has 1 heterocycles. The molecule has 0 radical (unpaired) electrons. The topological polar surface area (TPSA) is 59.7 Å². The largest absolute Gasteiger partial charge is 0.543 e. The van der Waals surface area contributed by atoms with Gasteiger partial charge >= 0.3 is 5.63 Å².